The summed E-state index contributed by atoms with van der Waals surface area (Å²) in [6.07, 6.45) is -0.486. The minimum Gasteiger partial charge on any atom is -0.465 e. The quantitative estimate of drug-likeness (QED) is 0.550. The molecular weight excluding hydrogens is 376 g/mol. The highest BCUT2D eigenvalue weighted by molar-refractivity contribution is 5.65. The number of amides is 1. The van der Waals surface area contributed by atoms with Crippen LogP contribution in [0.4, 0.5) is 4.79 Å². The number of hydrogen-bond acceptors (Lipinski definition) is 3. The van der Waals surface area contributed by atoms with Crippen LogP contribution in [0.25, 0.3) is 0 Å². The molecular formula is C25H26N2O3. The van der Waals surface area contributed by atoms with Crippen molar-refractivity contribution < 1.29 is 15.0 Å². The van der Waals surface area contributed by atoms with Crippen molar-refractivity contribution in [1.82, 2.24) is 10.2 Å². The summed E-state index contributed by atoms with van der Waals surface area (Å²) < 4.78 is 0. The highest BCUT2D eigenvalue weighted by atomic mass is 16.4. The lowest BCUT2D eigenvalue weighted by atomic mass is 9.75. The fourth-order valence-electron chi connectivity index (χ4n) is 4.82. The molecule has 3 N–H and O–H groups in total. The molecule has 2 atom stereocenters. The lowest BCUT2D eigenvalue weighted by Crippen LogP contribution is -2.52. The summed E-state index contributed by atoms with van der Waals surface area (Å²) in [6.45, 7) is 0.447. The number of benzene rings is 3. The molecule has 154 valence electrons. The summed E-state index contributed by atoms with van der Waals surface area (Å²) in [4.78, 5) is 13.6. The summed E-state index contributed by atoms with van der Waals surface area (Å²) in [5.41, 5.74) is 2.58. The van der Waals surface area contributed by atoms with Crippen LogP contribution in [0.1, 0.15) is 23.1 Å². The molecule has 1 aliphatic heterocycles. The van der Waals surface area contributed by atoms with Gasteiger partial charge in [-0.1, -0.05) is 91.0 Å². The molecule has 0 aliphatic carbocycles. The number of carbonyl (C=O) groups is 1. The van der Waals surface area contributed by atoms with Crippen LogP contribution >= 0.6 is 0 Å². The van der Waals surface area contributed by atoms with Crippen LogP contribution in [0, 0.1) is 0 Å². The summed E-state index contributed by atoms with van der Waals surface area (Å²) in [6, 6.07) is 30.3. The molecule has 0 radical (unpaired) electrons. The van der Waals surface area contributed by atoms with Crippen LogP contribution in [0.3, 0.4) is 0 Å². The molecule has 0 saturated carbocycles. The van der Waals surface area contributed by atoms with Crippen molar-refractivity contribution in [1.29, 1.82) is 0 Å². The molecule has 0 spiro atoms. The lowest BCUT2D eigenvalue weighted by molar-refractivity contribution is 0.0922. The van der Waals surface area contributed by atoms with Gasteiger partial charge in [-0.05, 0) is 23.1 Å². The van der Waals surface area contributed by atoms with Crippen LogP contribution in [-0.4, -0.2) is 46.4 Å². The number of aliphatic hydroxyl groups is 1. The van der Waals surface area contributed by atoms with Gasteiger partial charge < -0.3 is 15.5 Å². The zero-order valence-corrected chi connectivity index (χ0v) is 16.7. The van der Waals surface area contributed by atoms with E-state index in [0.29, 0.717) is 13.0 Å². The monoisotopic (exact) mass is 402 g/mol. The van der Waals surface area contributed by atoms with Crippen LogP contribution in [0.2, 0.25) is 0 Å². The van der Waals surface area contributed by atoms with Gasteiger partial charge in [-0.25, -0.2) is 4.79 Å². The predicted octanol–water partition coefficient (Wildman–Crippen LogP) is 3.68. The van der Waals surface area contributed by atoms with Crippen molar-refractivity contribution in [3.8, 4) is 0 Å². The molecule has 0 aromatic heterocycles. The van der Waals surface area contributed by atoms with Crippen molar-refractivity contribution in [2.45, 2.75) is 24.0 Å². The van der Waals surface area contributed by atoms with Gasteiger partial charge in [-0.15, -0.1) is 0 Å². The Hall–Kier alpha value is -3.15. The number of rotatable bonds is 6. The van der Waals surface area contributed by atoms with E-state index in [0.717, 1.165) is 16.7 Å². The molecule has 1 fully saturated rings. The number of aliphatic hydroxyl groups excluding tert-OH is 1. The molecule has 1 heterocycles. The molecule has 0 unspecified atom stereocenters. The molecule has 5 heteroatoms. The van der Waals surface area contributed by atoms with E-state index in [1.807, 2.05) is 54.6 Å². The summed E-state index contributed by atoms with van der Waals surface area (Å²) in [7, 11) is 0. The van der Waals surface area contributed by atoms with Crippen LogP contribution in [0.5, 0.6) is 0 Å². The maximum Gasteiger partial charge on any atom is 0.404 e. The smallest absolute Gasteiger partial charge is 0.404 e. The normalized spacial score (nSPS) is 19.5. The summed E-state index contributed by atoms with van der Waals surface area (Å²) in [5, 5.41) is 22.2. The molecule has 3 aromatic rings. The topological polar surface area (TPSA) is 72.8 Å². The Morgan fingerprint density at radius 3 is 1.67 bits per heavy atom. The Labute approximate surface area is 176 Å². The fourth-order valence-corrected chi connectivity index (χ4v) is 4.82. The second-order valence-corrected chi connectivity index (χ2v) is 7.68. The van der Waals surface area contributed by atoms with Gasteiger partial charge in [0.25, 0.3) is 0 Å². The molecule has 1 aliphatic rings. The predicted molar refractivity (Wildman–Crippen MR) is 116 cm³/mol. The van der Waals surface area contributed by atoms with Gasteiger partial charge in [0.1, 0.15) is 0 Å². The second kappa shape index (κ2) is 8.69. The molecule has 1 amide bonds. The second-order valence-electron chi connectivity index (χ2n) is 7.68. The van der Waals surface area contributed by atoms with Gasteiger partial charge in [-0.3, -0.25) is 4.90 Å². The first-order valence-electron chi connectivity index (χ1n) is 10.2. The van der Waals surface area contributed by atoms with Crippen molar-refractivity contribution in [3.05, 3.63) is 108 Å². The minimum absolute atomic E-state index is 0.0496. The number of carboxylic acid groups (broad SMARTS) is 1. The third-order valence-electron chi connectivity index (χ3n) is 5.96. The Morgan fingerprint density at radius 1 is 0.867 bits per heavy atom. The number of hydrogen-bond donors (Lipinski definition) is 3. The van der Waals surface area contributed by atoms with Gasteiger partial charge in [0.05, 0.1) is 12.1 Å². The average Bonchev–Trinajstić information content (AvgIpc) is 3.19. The number of nitrogens with one attached hydrogen (secondary N) is 1. The van der Waals surface area contributed by atoms with Crippen molar-refractivity contribution in [2.75, 3.05) is 13.2 Å². The van der Waals surface area contributed by atoms with E-state index in [2.05, 4.69) is 46.6 Å². The SMILES string of the molecule is O=C(O)N[C@@H]1C[C@@H](CO)N(C(c2ccccc2)(c2ccccc2)c2ccccc2)C1. The standard InChI is InChI=1S/C25H26N2O3/c28-18-23-16-22(26-24(29)30)17-27(23)25(19-10-4-1-5-11-19,20-12-6-2-7-13-20)21-14-8-3-9-15-21/h1-15,22-23,26,28H,16-18H2,(H,29,30)/t22-,23+/m1/s1. The van der Waals surface area contributed by atoms with Crippen molar-refractivity contribution >= 4 is 6.09 Å². The summed E-state index contributed by atoms with van der Waals surface area (Å²) >= 11 is 0. The van der Waals surface area contributed by atoms with E-state index in [4.69, 9.17) is 0 Å². The first kappa shape index (κ1) is 20.1. The highest BCUT2D eigenvalue weighted by Gasteiger charge is 2.49. The van der Waals surface area contributed by atoms with E-state index >= 15 is 0 Å². The van der Waals surface area contributed by atoms with E-state index in [1.54, 1.807) is 0 Å². The molecule has 1 saturated heterocycles. The minimum atomic E-state index is -1.04. The maximum absolute atomic E-state index is 11.3. The Morgan fingerprint density at radius 2 is 1.30 bits per heavy atom. The first-order valence-corrected chi connectivity index (χ1v) is 10.2. The summed E-state index contributed by atoms with van der Waals surface area (Å²) in [5.74, 6) is 0. The third kappa shape index (κ3) is 3.58. The lowest BCUT2D eigenvalue weighted by Gasteiger charge is -2.46. The molecule has 3 aromatic carbocycles. The largest absolute Gasteiger partial charge is 0.465 e. The zero-order valence-electron chi connectivity index (χ0n) is 16.7. The van der Waals surface area contributed by atoms with E-state index in [9.17, 15) is 15.0 Å². The van der Waals surface area contributed by atoms with E-state index in [-0.39, 0.29) is 18.7 Å². The number of likely N-dealkylation sites (tertiary alicyclic amines) is 1. The third-order valence-corrected chi connectivity index (χ3v) is 5.96. The molecule has 0 bridgehead atoms. The highest BCUT2D eigenvalue weighted by Crippen LogP contribution is 2.45. The van der Waals surface area contributed by atoms with Gasteiger partial charge in [0.15, 0.2) is 0 Å². The van der Waals surface area contributed by atoms with Crippen molar-refractivity contribution in [2.24, 2.45) is 0 Å². The maximum atomic E-state index is 11.3. The van der Waals surface area contributed by atoms with E-state index in [1.165, 1.54) is 0 Å². The molecule has 4 rings (SSSR count). The van der Waals surface area contributed by atoms with Crippen molar-refractivity contribution in [3.63, 3.8) is 0 Å². The number of nitrogens with zero attached hydrogens (tertiary/aromatic N) is 1. The average molecular weight is 402 g/mol. The van der Waals surface area contributed by atoms with Crippen LogP contribution < -0.4 is 5.32 Å². The Kier molecular flexibility index (Phi) is 5.84. The van der Waals surface area contributed by atoms with Gasteiger partial charge in [0, 0.05) is 18.6 Å². The zero-order chi connectivity index (χ0) is 21.0. The Bertz CT molecular complexity index is 867. The molecule has 30 heavy (non-hydrogen) atoms. The van der Waals surface area contributed by atoms with Gasteiger partial charge >= 0.3 is 6.09 Å². The van der Waals surface area contributed by atoms with Gasteiger partial charge in [-0.2, -0.15) is 0 Å². The fraction of sp³-hybridized carbons (Fsp3) is 0.240. The van der Waals surface area contributed by atoms with Crippen LogP contribution in [-0.2, 0) is 5.54 Å². The Balaban J connectivity index is 1.97. The first-order chi connectivity index (χ1) is 14.7. The van der Waals surface area contributed by atoms with Gasteiger partial charge in [0.2, 0.25) is 0 Å². The molecule has 5 nitrogen and oxygen atoms in total. The van der Waals surface area contributed by atoms with Crippen LogP contribution in [0.15, 0.2) is 91.0 Å². The van der Waals surface area contributed by atoms with E-state index < -0.39 is 11.6 Å².